The first kappa shape index (κ1) is 20.2. The predicted molar refractivity (Wildman–Crippen MR) is 122 cm³/mol. The van der Waals surface area contributed by atoms with Crippen molar-refractivity contribution in [3.05, 3.63) is 77.5 Å². The maximum atomic E-state index is 13.2. The highest BCUT2D eigenvalue weighted by Crippen LogP contribution is 2.45. The molecule has 1 fully saturated rings. The van der Waals surface area contributed by atoms with Crippen molar-refractivity contribution in [2.45, 2.75) is 11.8 Å². The second-order valence-corrected chi connectivity index (χ2v) is 8.04. The largest absolute Gasteiger partial charge is 0.480 e. The van der Waals surface area contributed by atoms with Crippen LogP contribution in [0.25, 0.3) is 0 Å². The van der Waals surface area contributed by atoms with Crippen molar-refractivity contribution in [3.8, 4) is 0 Å². The van der Waals surface area contributed by atoms with E-state index >= 15 is 0 Å². The molecule has 2 aromatic carbocycles. The van der Waals surface area contributed by atoms with Crippen LogP contribution in [-0.4, -0.2) is 40.1 Å². The van der Waals surface area contributed by atoms with Gasteiger partial charge < -0.3 is 14.9 Å². The number of carboxylic acid groups (broad SMARTS) is 1. The van der Waals surface area contributed by atoms with Gasteiger partial charge in [-0.25, -0.2) is 0 Å². The van der Waals surface area contributed by atoms with Crippen molar-refractivity contribution >= 4 is 52.3 Å². The number of nitrogens with zero attached hydrogens (tertiary/aromatic N) is 3. The predicted octanol–water partition coefficient (Wildman–Crippen LogP) is 4.06. The first-order chi connectivity index (χ1) is 14.5. The molecule has 30 heavy (non-hydrogen) atoms. The molecule has 2 aromatic rings. The van der Waals surface area contributed by atoms with E-state index in [1.165, 1.54) is 9.80 Å². The third kappa shape index (κ3) is 3.59. The number of fused-ring (bicyclic) bond motifs is 1. The van der Waals surface area contributed by atoms with Gasteiger partial charge in [0.15, 0.2) is 5.11 Å². The van der Waals surface area contributed by atoms with Crippen molar-refractivity contribution in [2.24, 2.45) is 0 Å². The van der Waals surface area contributed by atoms with Crippen LogP contribution < -0.4 is 9.80 Å². The maximum absolute atomic E-state index is 13.2. The molecule has 0 bridgehead atoms. The summed E-state index contributed by atoms with van der Waals surface area (Å²) >= 11 is 7.08. The van der Waals surface area contributed by atoms with Gasteiger partial charge in [0.1, 0.15) is 12.2 Å². The van der Waals surface area contributed by atoms with Gasteiger partial charge in [-0.15, -0.1) is 0 Å². The average molecular weight is 438 g/mol. The fourth-order valence-corrected chi connectivity index (χ4v) is 4.93. The number of carbonyl (C=O) groups is 2. The number of anilines is 2. The van der Waals surface area contributed by atoms with E-state index in [0.29, 0.717) is 5.69 Å². The number of para-hydroxylation sites is 2. The minimum Gasteiger partial charge on any atom is -0.480 e. The van der Waals surface area contributed by atoms with Crippen LogP contribution in [0, 0.1) is 0 Å². The summed E-state index contributed by atoms with van der Waals surface area (Å²) in [5, 5.41) is 10.5. The van der Waals surface area contributed by atoms with Crippen LogP contribution in [0.2, 0.25) is 0 Å². The summed E-state index contributed by atoms with van der Waals surface area (Å²) in [6, 6.07) is 17.1. The van der Waals surface area contributed by atoms with Crippen LogP contribution in [0.1, 0.15) is 6.92 Å². The topological polar surface area (TPSA) is 64.1 Å². The average Bonchev–Trinajstić information content (AvgIpc) is 3.21. The number of carbonyl (C=O) groups excluding carboxylic acids is 1. The van der Waals surface area contributed by atoms with E-state index in [1.807, 2.05) is 36.4 Å². The van der Waals surface area contributed by atoms with Crippen LogP contribution in [0.4, 0.5) is 11.4 Å². The molecule has 0 atom stereocenters. The molecule has 0 saturated carbocycles. The van der Waals surface area contributed by atoms with Gasteiger partial charge in [-0.2, -0.15) is 0 Å². The molecular formula is C22H19N3O3S2. The normalized spacial score (nSPS) is 18.6. The highest BCUT2D eigenvalue weighted by Gasteiger charge is 2.39. The Balaban J connectivity index is 1.71. The van der Waals surface area contributed by atoms with Crippen LogP contribution >= 0.6 is 24.0 Å². The fraction of sp³-hybridized carbons (Fsp3) is 0.136. The molecule has 4 rings (SSSR count). The molecule has 8 heteroatoms. The Hall–Kier alpha value is -3.10. The third-order valence-corrected chi connectivity index (χ3v) is 6.31. The number of benzene rings is 2. The van der Waals surface area contributed by atoms with Crippen molar-refractivity contribution in [1.29, 1.82) is 0 Å². The molecule has 2 heterocycles. The molecule has 2 aliphatic rings. The second kappa shape index (κ2) is 8.33. The molecule has 2 aliphatic heterocycles. The fourth-order valence-electron chi connectivity index (χ4n) is 3.45. The lowest BCUT2D eigenvalue weighted by Crippen LogP contribution is -2.35. The highest BCUT2D eigenvalue weighted by atomic mass is 32.2. The SMILES string of the molecule is CCN1C(=CC=C2C(=O)N(c3ccccc3)C(=S)N2CC(=O)O)Sc2ccccc21. The Labute approximate surface area is 184 Å². The van der Waals surface area contributed by atoms with Gasteiger partial charge in [-0.3, -0.25) is 14.5 Å². The van der Waals surface area contributed by atoms with E-state index in [9.17, 15) is 14.7 Å². The van der Waals surface area contributed by atoms with Gasteiger partial charge in [0, 0.05) is 11.4 Å². The number of amides is 1. The first-order valence-corrected chi connectivity index (χ1v) is 10.6. The Morgan fingerprint density at radius 1 is 1.07 bits per heavy atom. The zero-order valence-corrected chi connectivity index (χ0v) is 17.8. The lowest BCUT2D eigenvalue weighted by atomic mass is 10.2. The van der Waals surface area contributed by atoms with Gasteiger partial charge in [0.2, 0.25) is 0 Å². The molecule has 1 N–H and O–H groups in total. The summed E-state index contributed by atoms with van der Waals surface area (Å²) in [5.74, 6) is -1.40. The molecule has 1 amide bonds. The van der Waals surface area contributed by atoms with E-state index in [-0.39, 0.29) is 23.3 Å². The molecule has 0 aromatic heterocycles. The Kier molecular flexibility index (Phi) is 5.61. The lowest BCUT2D eigenvalue weighted by Gasteiger charge is -2.18. The van der Waals surface area contributed by atoms with Gasteiger partial charge >= 0.3 is 5.97 Å². The standard InChI is InChI=1S/C22H19N3O3S2/c1-2-23-16-10-6-7-11-18(16)30-19(23)13-12-17-21(28)25(15-8-4-3-5-9-15)22(29)24(17)14-20(26)27/h3-13H,2,14H2,1H3,(H,26,27). The van der Waals surface area contributed by atoms with Crippen molar-refractivity contribution < 1.29 is 14.7 Å². The van der Waals surface area contributed by atoms with Gasteiger partial charge in [0.05, 0.1) is 16.4 Å². The number of thioether (sulfide) groups is 1. The van der Waals surface area contributed by atoms with Crippen LogP contribution in [0.5, 0.6) is 0 Å². The number of hydrogen-bond acceptors (Lipinski definition) is 5. The van der Waals surface area contributed by atoms with Crippen LogP contribution in [0.3, 0.4) is 0 Å². The molecule has 0 radical (unpaired) electrons. The molecule has 152 valence electrons. The van der Waals surface area contributed by atoms with Crippen molar-refractivity contribution in [2.75, 3.05) is 22.9 Å². The minimum atomic E-state index is -1.06. The highest BCUT2D eigenvalue weighted by molar-refractivity contribution is 8.03. The molecule has 1 saturated heterocycles. The summed E-state index contributed by atoms with van der Waals surface area (Å²) in [6.45, 7) is 2.46. The zero-order valence-electron chi connectivity index (χ0n) is 16.2. The Morgan fingerprint density at radius 3 is 2.47 bits per heavy atom. The molecule has 0 unspecified atom stereocenters. The second-order valence-electron chi connectivity index (χ2n) is 6.61. The number of allylic oxidation sites excluding steroid dienone is 2. The van der Waals surface area contributed by atoms with E-state index in [4.69, 9.17) is 12.2 Å². The number of hydrogen-bond donors (Lipinski definition) is 1. The van der Waals surface area contributed by atoms with Crippen LogP contribution in [0.15, 0.2) is 82.4 Å². The minimum absolute atomic E-state index is 0.160. The van der Waals surface area contributed by atoms with Crippen molar-refractivity contribution in [1.82, 2.24) is 4.90 Å². The quantitative estimate of drug-likeness (QED) is 0.559. The maximum Gasteiger partial charge on any atom is 0.323 e. The summed E-state index contributed by atoms with van der Waals surface area (Å²) < 4.78 is 0. The van der Waals surface area contributed by atoms with Crippen molar-refractivity contribution in [3.63, 3.8) is 0 Å². The molecule has 0 aliphatic carbocycles. The van der Waals surface area contributed by atoms with E-state index in [0.717, 1.165) is 22.2 Å². The zero-order chi connectivity index (χ0) is 21.3. The van der Waals surface area contributed by atoms with Gasteiger partial charge in [-0.1, -0.05) is 42.1 Å². The van der Waals surface area contributed by atoms with Gasteiger partial charge in [0.25, 0.3) is 5.91 Å². The molecule has 6 nitrogen and oxygen atoms in total. The third-order valence-electron chi connectivity index (χ3n) is 4.78. The van der Waals surface area contributed by atoms with Crippen LogP contribution in [-0.2, 0) is 9.59 Å². The summed E-state index contributed by atoms with van der Waals surface area (Å²) in [7, 11) is 0. The summed E-state index contributed by atoms with van der Waals surface area (Å²) in [6.07, 6.45) is 3.52. The smallest absolute Gasteiger partial charge is 0.323 e. The van der Waals surface area contributed by atoms with Gasteiger partial charge in [-0.05, 0) is 55.6 Å². The molecular weight excluding hydrogens is 418 g/mol. The number of thiocarbonyl (C=S) groups is 1. The summed E-state index contributed by atoms with van der Waals surface area (Å²) in [4.78, 5) is 30.6. The monoisotopic (exact) mass is 437 g/mol. The number of carboxylic acids is 1. The first-order valence-electron chi connectivity index (χ1n) is 9.40. The Morgan fingerprint density at radius 2 is 1.77 bits per heavy atom. The number of aliphatic carboxylic acids is 1. The van der Waals surface area contributed by atoms with E-state index < -0.39 is 5.97 Å². The van der Waals surface area contributed by atoms with E-state index in [2.05, 4.69) is 24.0 Å². The molecule has 0 spiro atoms. The number of rotatable bonds is 5. The summed E-state index contributed by atoms with van der Waals surface area (Å²) in [5.41, 5.74) is 1.97. The van der Waals surface area contributed by atoms with E-state index in [1.54, 1.807) is 30.0 Å². The lowest BCUT2D eigenvalue weighted by molar-refractivity contribution is -0.137. The Bertz CT molecular complexity index is 1080.